The fourth-order valence-corrected chi connectivity index (χ4v) is 4.51. The molecular weight excluding hydrogens is 509 g/mol. The molecule has 0 spiro atoms. The van der Waals surface area contributed by atoms with E-state index in [4.69, 9.17) is 45.3 Å². The van der Waals surface area contributed by atoms with Crippen LogP contribution < -0.4 is 0 Å². The van der Waals surface area contributed by atoms with Crippen LogP contribution in [-0.2, 0) is 11.2 Å². The first-order chi connectivity index (χ1) is 15.3. The van der Waals surface area contributed by atoms with Gasteiger partial charge in [0.15, 0.2) is 5.78 Å². The summed E-state index contributed by atoms with van der Waals surface area (Å²) in [4.78, 5) is 24.0. The first-order valence-corrected chi connectivity index (χ1v) is 12.4. The smallest absolute Gasteiger partial charge is 0.179 e. The fourth-order valence-electron chi connectivity index (χ4n) is 2.84. The van der Waals surface area contributed by atoms with Gasteiger partial charge in [-0.05, 0) is 30.2 Å². The van der Waals surface area contributed by atoms with Gasteiger partial charge in [-0.3, -0.25) is 4.79 Å². The lowest BCUT2D eigenvalue weighted by molar-refractivity contribution is -0.114. The van der Waals surface area contributed by atoms with Crippen LogP contribution in [0.2, 0.25) is 10.2 Å². The van der Waals surface area contributed by atoms with E-state index in [9.17, 15) is 4.79 Å². The molecule has 0 N–H and O–H groups in total. The first-order valence-electron chi connectivity index (χ1n) is 8.79. The summed E-state index contributed by atoms with van der Waals surface area (Å²) in [6.07, 6.45) is 7.27. The van der Waals surface area contributed by atoms with Crippen molar-refractivity contribution in [1.29, 1.82) is 10.5 Å². The highest BCUT2D eigenvalue weighted by molar-refractivity contribution is 7.98. The third-order valence-corrected chi connectivity index (χ3v) is 6.77. The molecule has 0 bridgehead atoms. The largest absolute Gasteiger partial charge is 0.293 e. The van der Waals surface area contributed by atoms with Crippen molar-refractivity contribution in [2.24, 2.45) is 0 Å². The zero-order valence-electron chi connectivity index (χ0n) is 16.6. The summed E-state index contributed by atoms with van der Waals surface area (Å²) < 4.78 is 0. The molecule has 0 unspecified atom stereocenters. The van der Waals surface area contributed by atoms with Gasteiger partial charge in [0.25, 0.3) is 0 Å². The van der Waals surface area contributed by atoms with Crippen molar-refractivity contribution in [2.45, 2.75) is 16.5 Å². The Labute approximate surface area is 207 Å². The average Bonchev–Trinajstić information content (AvgIpc) is 2.80. The third-order valence-electron chi connectivity index (χ3n) is 4.43. The lowest BCUT2D eigenvalue weighted by atomic mass is 9.93. The number of allylic oxidation sites excluding steroid dienone is 1. The molecule has 0 amide bonds. The van der Waals surface area contributed by atoms with Crippen molar-refractivity contribution < 1.29 is 4.79 Å². The SMILES string of the molecule is CSc1cc2c(Cl)c(C#N)c(Cl)nc2cn1.CSc1cc2c(cn1)CC(=O)C(C#N)=C2Cl. The van der Waals surface area contributed by atoms with Gasteiger partial charge in [-0.25, -0.2) is 15.0 Å². The van der Waals surface area contributed by atoms with Crippen LogP contribution in [0.1, 0.15) is 16.7 Å². The third kappa shape index (κ3) is 4.85. The van der Waals surface area contributed by atoms with Crippen molar-refractivity contribution in [1.82, 2.24) is 15.0 Å². The number of pyridine rings is 3. The second-order valence-electron chi connectivity index (χ2n) is 6.23. The molecule has 11 heteroatoms. The van der Waals surface area contributed by atoms with E-state index in [0.29, 0.717) is 15.9 Å². The number of fused-ring (bicyclic) bond motifs is 2. The van der Waals surface area contributed by atoms with Crippen molar-refractivity contribution in [2.75, 3.05) is 12.5 Å². The number of thioether (sulfide) groups is 2. The van der Waals surface area contributed by atoms with Gasteiger partial charge in [-0.2, -0.15) is 10.5 Å². The lowest BCUT2D eigenvalue weighted by Gasteiger charge is -2.15. The molecule has 160 valence electrons. The minimum atomic E-state index is -0.237. The van der Waals surface area contributed by atoms with Crippen LogP contribution >= 0.6 is 58.3 Å². The van der Waals surface area contributed by atoms with Gasteiger partial charge in [0.1, 0.15) is 28.4 Å². The van der Waals surface area contributed by atoms with Gasteiger partial charge in [0, 0.05) is 23.6 Å². The summed E-state index contributed by atoms with van der Waals surface area (Å²) in [6.45, 7) is 0. The Morgan fingerprint density at radius 3 is 2.28 bits per heavy atom. The summed E-state index contributed by atoms with van der Waals surface area (Å²) in [5, 5.41) is 20.8. The number of ketones is 1. The predicted molar refractivity (Wildman–Crippen MR) is 129 cm³/mol. The van der Waals surface area contributed by atoms with Crippen molar-refractivity contribution >= 4 is 80.0 Å². The number of nitriles is 2. The van der Waals surface area contributed by atoms with Crippen LogP contribution in [0.15, 0.2) is 40.2 Å². The average molecular weight is 521 g/mol. The number of rotatable bonds is 2. The van der Waals surface area contributed by atoms with Gasteiger partial charge in [-0.1, -0.05) is 34.8 Å². The van der Waals surface area contributed by atoms with Gasteiger partial charge >= 0.3 is 0 Å². The maximum Gasteiger partial charge on any atom is 0.179 e. The van der Waals surface area contributed by atoms with E-state index >= 15 is 0 Å². The normalized spacial score (nSPS) is 12.5. The van der Waals surface area contributed by atoms with Crippen molar-refractivity contribution in [3.63, 3.8) is 0 Å². The van der Waals surface area contributed by atoms with E-state index < -0.39 is 0 Å². The highest BCUT2D eigenvalue weighted by atomic mass is 35.5. The van der Waals surface area contributed by atoms with Gasteiger partial charge in [-0.15, -0.1) is 23.5 Å². The van der Waals surface area contributed by atoms with E-state index in [1.165, 1.54) is 23.5 Å². The second kappa shape index (κ2) is 10.5. The van der Waals surface area contributed by atoms with Crippen molar-refractivity contribution in [3.05, 3.63) is 57.0 Å². The summed E-state index contributed by atoms with van der Waals surface area (Å²) in [6, 6.07) is 7.40. The lowest BCUT2D eigenvalue weighted by Crippen LogP contribution is -2.13. The van der Waals surface area contributed by atoms with Crippen LogP contribution in [0.3, 0.4) is 0 Å². The van der Waals surface area contributed by atoms with Crippen LogP contribution in [-0.4, -0.2) is 33.2 Å². The molecule has 3 heterocycles. The van der Waals surface area contributed by atoms with Crippen molar-refractivity contribution in [3.8, 4) is 12.1 Å². The van der Waals surface area contributed by atoms with Crippen LogP contribution in [0, 0.1) is 22.7 Å². The summed E-state index contributed by atoms with van der Waals surface area (Å²) in [5.74, 6) is -0.237. The van der Waals surface area contributed by atoms with E-state index in [1.54, 1.807) is 18.5 Å². The molecule has 32 heavy (non-hydrogen) atoms. The van der Waals surface area contributed by atoms with E-state index in [0.717, 1.165) is 21.2 Å². The summed E-state index contributed by atoms with van der Waals surface area (Å²) >= 11 is 20.9. The molecule has 3 aromatic rings. The van der Waals surface area contributed by atoms with Crippen LogP contribution in [0.5, 0.6) is 0 Å². The molecule has 0 atom stereocenters. The Morgan fingerprint density at radius 2 is 1.66 bits per heavy atom. The molecule has 0 saturated carbocycles. The van der Waals surface area contributed by atoms with Gasteiger partial charge in [0.2, 0.25) is 0 Å². The highest BCUT2D eigenvalue weighted by Crippen LogP contribution is 2.33. The minimum absolute atomic E-state index is 0.0485. The maximum atomic E-state index is 11.6. The molecule has 0 radical (unpaired) electrons. The molecule has 0 aliphatic heterocycles. The number of hydrogen-bond acceptors (Lipinski definition) is 8. The summed E-state index contributed by atoms with van der Waals surface area (Å²) in [7, 11) is 0. The molecule has 4 rings (SSSR count). The fraction of sp³-hybridized carbons (Fsp3) is 0.143. The topological polar surface area (TPSA) is 103 Å². The summed E-state index contributed by atoms with van der Waals surface area (Å²) in [5.41, 5.74) is 2.37. The molecule has 1 aliphatic carbocycles. The maximum absolute atomic E-state index is 11.6. The standard InChI is InChI=1S/C11H7ClN2OS.C10H5Cl2N3S/c1-16-10-3-7-6(5-14-10)2-9(15)8(4-13)11(7)12;1-16-8-2-5-7(4-14-8)15-10(12)6(3-13)9(5)11/h3,5H,2H2,1H3;2,4H,1H3. The zero-order chi connectivity index (χ0) is 23.4. The second-order valence-corrected chi connectivity index (χ2v) is 9.00. The monoisotopic (exact) mass is 519 g/mol. The molecular formula is C21H12Cl3N5OS2. The number of carbonyl (C=O) groups is 1. The minimum Gasteiger partial charge on any atom is -0.293 e. The van der Waals surface area contributed by atoms with Gasteiger partial charge in [0.05, 0.1) is 31.8 Å². The molecule has 6 nitrogen and oxygen atoms in total. The Hall–Kier alpha value is -2.33. The number of hydrogen-bond donors (Lipinski definition) is 0. The number of aromatic nitrogens is 3. The molecule has 1 aliphatic rings. The number of Topliss-reactive ketones (excluding diaryl/α,β-unsaturated/α-hetero) is 1. The molecule has 0 saturated heterocycles. The molecule has 0 aromatic carbocycles. The quantitative estimate of drug-likeness (QED) is 0.302. The van der Waals surface area contributed by atoms with E-state index in [-0.39, 0.29) is 33.5 Å². The number of carbonyl (C=O) groups excluding carboxylic acids is 1. The number of halogens is 3. The molecule has 0 fully saturated rings. The van der Waals surface area contributed by atoms with E-state index in [1.807, 2.05) is 30.7 Å². The Kier molecular flexibility index (Phi) is 8.00. The number of nitrogens with zero attached hydrogens (tertiary/aromatic N) is 5. The van der Waals surface area contributed by atoms with Crippen LogP contribution in [0.4, 0.5) is 0 Å². The van der Waals surface area contributed by atoms with E-state index in [2.05, 4.69) is 15.0 Å². The zero-order valence-corrected chi connectivity index (χ0v) is 20.5. The predicted octanol–water partition coefficient (Wildman–Crippen LogP) is 5.93. The Balaban J connectivity index is 0.000000181. The highest BCUT2D eigenvalue weighted by Gasteiger charge is 2.25. The van der Waals surface area contributed by atoms with Gasteiger partial charge < -0.3 is 0 Å². The first kappa shape index (κ1) is 24.3. The Bertz CT molecular complexity index is 1360. The molecule has 3 aromatic heterocycles. The Morgan fingerprint density at radius 1 is 1.00 bits per heavy atom. The van der Waals surface area contributed by atoms with Crippen LogP contribution in [0.25, 0.3) is 15.9 Å².